The van der Waals surface area contributed by atoms with Crippen molar-refractivity contribution in [3.05, 3.63) is 41.5 Å². The van der Waals surface area contributed by atoms with Crippen LogP contribution >= 0.6 is 0 Å². The largest absolute Gasteiger partial charge is 0.458 e. The SMILES string of the molecule is CC(=O)Oc1ccc2c(c1)CC[C@@H]1[C@@H]2CC[C@]2(C)C(OC(C)=O)C=C[C@@H]12. The molecule has 1 unspecified atom stereocenters. The zero-order valence-electron chi connectivity index (χ0n) is 15.7. The molecule has 3 aliphatic carbocycles. The quantitative estimate of drug-likeness (QED) is 0.454. The van der Waals surface area contributed by atoms with Gasteiger partial charge < -0.3 is 9.47 Å². The van der Waals surface area contributed by atoms with Crippen LogP contribution in [-0.4, -0.2) is 18.0 Å². The van der Waals surface area contributed by atoms with Gasteiger partial charge in [0.05, 0.1) is 0 Å². The highest BCUT2D eigenvalue weighted by molar-refractivity contribution is 5.69. The van der Waals surface area contributed by atoms with Gasteiger partial charge in [0, 0.05) is 19.3 Å². The molecule has 1 saturated carbocycles. The number of allylic oxidation sites excluding steroid dienone is 1. The maximum Gasteiger partial charge on any atom is 0.308 e. The number of rotatable bonds is 2. The summed E-state index contributed by atoms with van der Waals surface area (Å²) in [6, 6.07) is 6.10. The smallest absolute Gasteiger partial charge is 0.308 e. The summed E-state index contributed by atoms with van der Waals surface area (Å²) in [5, 5.41) is 0. The van der Waals surface area contributed by atoms with Crippen LogP contribution in [0.4, 0.5) is 0 Å². The Morgan fingerprint density at radius 1 is 1.12 bits per heavy atom. The van der Waals surface area contributed by atoms with E-state index >= 15 is 0 Å². The minimum absolute atomic E-state index is 0.0159. The summed E-state index contributed by atoms with van der Waals surface area (Å²) in [4.78, 5) is 22.7. The van der Waals surface area contributed by atoms with Gasteiger partial charge in [-0.1, -0.05) is 19.1 Å². The number of fused-ring (bicyclic) bond motifs is 5. The topological polar surface area (TPSA) is 52.6 Å². The van der Waals surface area contributed by atoms with E-state index < -0.39 is 0 Å². The van der Waals surface area contributed by atoms with Gasteiger partial charge in [0.1, 0.15) is 11.9 Å². The first-order chi connectivity index (χ1) is 12.4. The van der Waals surface area contributed by atoms with Gasteiger partial charge in [0.25, 0.3) is 0 Å². The molecule has 0 aliphatic heterocycles. The second-order valence-electron chi connectivity index (χ2n) is 8.25. The highest BCUT2D eigenvalue weighted by Crippen LogP contribution is 2.59. The molecule has 0 spiro atoms. The first-order valence-corrected chi connectivity index (χ1v) is 9.55. The highest BCUT2D eigenvalue weighted by Gasteiger charge is 2.53. The minimum atomic E-state index is -0.278. The number of carbonyl (C=O) groups is 2. The van der Waals surface area contributed by atoms with E-state index in [-0.39, 0.29) is 23.5 Å². The first kappa shape index (κ1) is 17.3. The van der Waals surface area contributed by atoms with Crippen molar-refractivity contribution in [2.24, 2.45) is 17.3 Å². The predicted octanol–water partition coefficient (Wildman–Crippen LogP) is 4.18. The zero-order valence-corrected chi connectivity index (χ0v) is 15.7. The summed E-state index contributed by atoms with van der Waals surface area (Å²) in [5.41, 5.74) is 2.73. The third-order valence-electron chi connectivity index (χ3n) is 6.69. The van der Waals surface area contributed by atoms with Gasteiger partial charge in [0.2, 0.25) is 0 Å². The van der Waals surface area contributed by atoms with Crippen LogP contribution in [0.3, 0.4) is 0 Å². The fourth-order valence-electron chi connectivity index (χ4n) is 5.55. The van der Waals surface area contributed by atoms with Gasteiger partial charge in [-0.3, -0.25) is 9.59 Å². The molecule has 1 aromatic carbocycles. The third-order valence-corrected chi connectivity index (χ3v) is 6.69. The molecule has 1 aromatic rings. The molecule has 26 heavy (non-hydrogen) atoms. The summed E-state index contributed by atoms with van der Waals surface area (Å²) in [6.45, 7) is 5.21. The van der Waals surface area contributed by atoms with E-state index in [1.165, 1.54) is 25.0 Å². The molecule has 4 heteroatoms. The Morgan fingerprint density at radius 2 is 1.92 bits per heavy atom. The van der Waals surface area contributed by atoms with E-state index in [2.05, 4.69) is 25.1 Å². The van der Waals surface area contributed by atoms with E-state index in [0.717, 1.165) is 25.7 Å². The summed E-state index contributed by atoms with van der Waals surface area (Å²) >= 11 is 0. The highest BCUT2D eigenvalue weighted by atomic mass is 16.5. The van der Waals surface area contributed by atoms with Crippen LogP contribution in [0.25, 0.3) is 0 Å². The fourth-order valence-corrected chi connectivity index (χ4v) is 5.55. The van der Waals surface area contributed by atoms with Crippen molar-refractivity contribution in [1.82, 2.24) is 0 Å². The summed E-state index contributed by atoms with van der Waals surface area (Å²) in [5.74, 6) is 1.73. The molecule has 0 radical (unpaired) electrons. The van der Waals surface area contributed by atoms with Crippen LogP contribution in [0.5, 0.6) is 5.75 Å². The average Bonchev–Trinajstić information content (AvgIpc) is 2.90. The average molecular weight is 354 g/mol. The Balaban J connectivity index is 1.59. The number of carbonyl (C=O) groups excluding carboxylic acids is 2. The Kier molecular flexibility index (Phi) is 4.17. The Hall–Kier alpha value is -2.10. The second kappa shape index (κ2) is 6.26. The van der Waals surface area contributed by atoms with Crippen LogP contribution in [0.1, 0.15) is 57.1 Å². The Bertz CT molecular complexity index is 780. The molecule has 138 valence electrons. The van der Waals surface area contributed by atoms with Crippen LogP contribution in [-0.2, 0) is 20.7 Å². The number of benzene rings is 1. The molecule has 0 heterocycles. The van der Waals surface area contributed by atoms with Crippen molar-refractivity contribution in [2.45, 2.75) is 58.5 Å². The van der Waals surface area contributed by atoms with Crippen LogP contribution in [0, 0.1) is 17.3 Å². The van der Waals surface area contributed by atoms with Crippen molar-refractivity contribution in [3.8, 4) is 5.75 Å². The number of hydrogen-bond donors (Lipinski definition) is 0. The third kappa shape index (κ3) is 2.76. The minimum Gasteiger partial charge on any atom is -0.458 e. The van der Waals surface area contributed by atoms with Gasteiger partial charge in [-0.2, -0.15) is 0 Å². The van der Waals surface area contributed by atoms with Crippen molar-refractivity contribution >= 4 is 11.9 Å². The molecule has 0 saturated heterocycles. The first-order valence-electron chi connectivity index (χ1n) is 9.55. The van der Waals surface area contributed by atoms with Gasteiger partial charge in [-0.25, -0.2) is 0 Å². The van der Waals surface area contributed by atoms with Crippen molar-refractivity contribution in [3.63, 3.8) is 0 Å². The van der Waals surface area contributed by atoms with Crippen molar-refractivity contribution in [1.29, 1.82) is 0 Å². The maximum atomic E-state index is 11.5. The second-order valence-corrected chi connectivity index (χ2v) is 8.25. The van der Waals surface area contributed by atoms with Crippen LogP contribution in [0.2, 0.25) is 0 Å². The lowest BCUT2D eigenvalue weighted by atomic mass is 9.55. The van der Waals surface area contributed by atoms with E-state index in [1.807, 2.05) is 12.1 Å². The van der Waals surface area contributed by atoms with E-state index in [1.54, 1.807) is 0 Å². The maximum absolute atomic E-state index is 11.5. The number of aryl methyl sites for hydroxylation is 1. The standard InChI is InChI=1S/C22H26O4/c1-13(23)25-16-5-7-17-15(12-16)4-6-19-18(17)10-11-22(3)20(19)8-9-21(22)26-14(2)24/h5,7-9,12,18-21H,4,6,10-11H2,1-3H3/t18-,19-,20+,21?,22+/m1/s1. The van der Waals surface area contributed by atoms with E-state index in [0.29, 0.717) is 23.5 Å². The van der Waals surface area contributed by atoms with Gasteiger partial charge in [-0.15, -0.1) is 0 Å². The molecule has 0 N–H and O–H groups in total. The molecule has 5 atom stereocenters. The molecule has 4 rings (SSSR count). The molecular formula is C22H26O4. The summed E-state index contributed by atoms with van der Waals surface area (Å²) in [6.07, 6.45) is 8.59. The normalized spacial score (nSPS) is 34.4. The lowest BCUT2D eigenvalue weighted by Gasteiger charge is -2.50. The molecule has 0 bridgehead atoms. The number of hydrogen-bond acceptors (Lipinski definition) is 4. The Labute approximate surface area is 154 Å². The number of ether oxygens (including phenoxy) is 2. The molecule has 0 aromatic heterocycles. The molecule has 3 aliphatic rings. The van der Waals surface area contributed by atoms with E-state index in [9.17, 15) is 9.59 Å². The lowest BCUT2D eigenvalue weighted by molar-refractivity contribution is -0.152. The van der Waals surface area contributed by atoms with Crippen molar-refractivity contribution < 1.29 is 19.1 Å². The monoisotopic (exact) mass is 354 g/mol. The van der Waals surface area contributed by atoms with Crippen LogP contribution < -0.4 is 4.74 Å². The van der Waals surface area contributed by atoms with Crippen molar-refractivity contribution in [2.75, 3.05) is 0 Å². The lowest BCUT2D eigenvalue weighted by Crippen LogP contribution is -2.45. The fraction of sp³-hybridized carbons (Fsp3) is 0.545. The van der Waals surface area contributed by atoms with Gasteiger partial charge in [0.15, 0.2) is 0 Å². The Morgan fingerprint density at radius 3 is 2.65 bits per heavy atom. The van der Waals surface area contributed by atoms with Gasteiger partial charge >= 0.3 is 11.9 Å². The zero-order chi connectivity index (χ0) is 18.5. The molecule has 4 nitrogen and oxygen atoms in total. The summed E-state index contributed by atoms with van der Waals surface area (Å²) < 4.78 is 10.9. The van der Waals surface area contributed by atoms with E-state index in [4.69, 9.17) is 9.47 Å². The molecule has 0 amide bonds. The predicted molar refractivity (Wildman–Crippen MR) is 97.8 cm³/mol. The summed E-state index contributed by atoms with van der Waals surface area (Å²) in [7, 11) is 0. The van der Waals surface area contributed by atoms with Gasteiger partial charge in [-0.05, 0) is 72.8 Å². The van der Waals surface area contributed by atoms with Crippen LogP contribution in [0.15, 0.2) is 30.4 Å². The molecular weight excluding hydrogens is 328 g/mol. The molecule has 1 fully saturated rings. The number of esters is 2.